The molecule has 3 aromatic carbocycles. The molecule has 0 N–H and O–H groups in total. The summed E-state index contributed by atoms with van der Waals surface area (Å²) in [6, 6.07) is 13.5. The minimum Gasteiger partial charge on any atom is -0.481 e. The van der Waals surface area contributed by atoms with Crippen LogP contribution in [0.15, 0.2) is 42.5 Å². The highest BCUT2D eigenvalue weighted by Gasteiger charge is 2.18. The van der Waals surface area contributed by atoms with Crippen LogP contribution in [0.3, 0.4) is 0 Å². The molecule has 3 rings (SSSR count). The highest BCUT2D eigenvalue weighted by atomic mass is 127. The van der Waals surface area contributed by atoms with Crippen molar-refractivity contribution in [2.75, 3.05) is 26.4 Å². The van der Waals surface area contributed by atoms with E-state index in [0.29, 0.717) is 24.7 Å². The van der Waals surface area contributed by atoms with Crippen LogP contribution < -0.4 is 9.47 Å². The van der Waals surface area contributed by atoms with Crippen molar-refractivity contribution in [2.45, 2.75) is 26.7 Å². The smallest absolute Gasteiger partial charge is 0.344 e. The van der Waals surface area contributed by atoms with Gasteiger partial charge in [0, 0.05) is 25.1 Å². The van der Waals surface area contributed by atoms with Gasteiger partial charge in [-0.3, -0.25) is 0 Å². The predicted octanol–water partition coefficient (Wildman–Crippen LogP) is 5.26. The van der Waals surface area contributed by atoms with E-state index in [9.17, 15) is 9.59 Å². The van der Waals surface area contributed by atoms with E-state index in [2.05, 4.69) is 22.6 Å². The van der Waals surface area contributed by atoms with Crippen LogP contribution in [0.25, 0.3) is 21.5 Å². The third-order valence-corrected chi connectivity index (χ3v) is 5.16. The van der Waals surface area contributed by atoms with Gasteiger partial charge in [0.05, 0.1) is 13.2 Å². The second-order valence-electron chi connectivity index (χ2n) is 6.91. The van der Waals surface area contributed by atoms with E-state index in [0.717, 1.165) is 38.0 Å². The molecule has 0 aliphatic carbocycles. The van der Waals surface area contributed by atoms with Crippen LogP contribution in [0.1, 0.15) is 26.7 Å². The molecule has 31 heavy (non-hydrogen) atoms. The lowest BCUT2D eigenvalue weighted by Crippen LogP contribution is -2.16. The van der Waals surface area contributed by atoms with E-state index < -0.39 is 11.9 Å². The summed E-state index contributed by atoms with van der Waals surface area (Å²) in [7, 11) is 0. The van der Waals surface area contributed by atoms with Crippen molar-refractivity contribution in [3.63, 3.8) is 0 Å². The van der Waals surface area contributed by atoms with Gasteiger partial charge in [0.2, 0.25) is 0 Å². The Labute approximate surface area is 194 Å². The molecule has 0 saturated carbocycles. The Bertz CT molecular complexity index is 1080. The maximum Gasteiger partial charge on any atom is 0.344 e. The third kappa shape index (κ3) is 5.78. The van der Waals surface area contributed by atoms with Gasteiger partial charge in [0.15, 0.2) is 13.2 Å². The Balaban J connectivity index is 2.03. The number of hydrogen-bond donors (Lipinski definition) is 0. The van der Waals surface area contributed by atoms with E-state index in [-0.39, 0.29) is 13.2 Å². The van der Waals surface area contributed by atoms with Crippen LogP contribution in [-0.4, -0.2) is 38.4 Å². The van der Waals surface area contributed by atoms with Crippen LogP contribution in [0.2, 0.25) is 0 Å². The summed E-state index contributed by atoms with van der Waals surface area (Å²) in [5.41, 5.74) is 0. The maximum atomic E-state index is 12.0. The van der Waals surface area contributed by atoms with Crippen molar-refractivity contribution in [3.05, 3.63) is 46.0 Å². The van der Waals surface area contributed by atoms with Gasteiger partial charge < -0.3 is 18.9 Å². The third-order valence-electron chi connectivity index (χ3n) is 4.49. The first-order valence-corrected chi connectivity index (χ1v) is 11.3. The van der Waals surface area contributed by atoms with E-state index in [4.69, 9.17) is 18.9 Å². The van der Waals surface area contributed by atoms with Gasteiger partial charge in [-0.1, -0.05) is 38.1 Å². The van der Waals surface area contributed by atoms with E-state index in [1.807, 2.05) is 56.3 Å². The second kappa shape index (κ2) is 11.2. The molecule has 0 fully saturated rings. The van der Waals surface area contributed by atoms with Gasteiger partial charge in [-0.15, -0.1) is 0 Å². The molecule has 0 radical (unpaired) electrons. The number of carbonyl (C=O) groups excluding carboxylic acids is 2. The monoisotopic (exact) mass is 536 g/mol. The zero-order valence-electron chi connectivity index (χ0n) is 17.6. The summed E-state index contributed by atoms with van der Waals surface area (Å²) < 4.78 is 23.2. The lowest BCUT2D eigenvalue weighted by atomic mass is 10.0. The van der Waals surface area contributed by atoms with Gasteiger partial charge in [-0.05, 0) is 53.6 Å². The number of benzene rings is 3. The molecule has 6 nitrogen and oxygen atoms in total. The lowest BCUT2D eigenvalue weighted by Gasteiger charge is -2.17. The minimum absolute atomic E-state index is 0.186. The van der Waals surface area contributed by atoms with Crippen LogP contribution in [0.5, 0.6) is 11.5 Å². The van der Waals surface area contributed by atoms with Gasteiger partial charge in [0.25, 0.3) is 0 Å². The molecule has 0 spiro atoms. The Morgan fingerprint density at radius 2 is 1.23 bits per heavy atom. The largest absolute Gasteiger partial charge is 0.481 e. The highest BCUT2D eigenvalue weighted by molar-refractivity contribution is 14.1. The molecule has 3 aromatic rings. The molecule has 0 aliphatic heterocycles. The SMILES string of the molecule is CCCOC(=O)COc1c2ccccc2c(OCC(=O)OCCC)c2cc(I)ccc12. The van der Waals surface area contributed by atoms with Crippen molar-refractivity contribution in [1.82, 2.24) is 0 Å². The van der Waals surface area contributed by atoms with Gasteiger partial charge in [0.1, 0.15) is 11.5 Å². The Kier molecular flexibility index (Phi) is 8.34. The standard InChI is InChI=1S/C24H25IO6/c1-3-11-28-21(26)14-30-23-17-7-5-6-8-18(17)24(31-15-22(27)29-12-4-2)20-13-16(25)9-10-19(20)23/h5-10,13H,3-4,11-12,14-15H2,1-2H3. The summed E-state index contributed by atoms with van der Waals surface area (Å²) in [5.74, 6) is 0.335. The molecular formula is C24H25IO6. The molecule has 0 saturated heterocycles. The van der Waals surface area contributed by atoms with Crippen molar-refractivity contribution in [2.24, 2.45) is 0 Å². The fraction of sp³-hybridized carbons (Fsp3) is 0.333. The van der Waals surface area contributed by atoms with Crippen LogP contribution in [-0.2, 0) is 19.1 Å². The maximum absolute atomic E-state index is 12.0. The highest BCUT2D eigenvalue weighted by Crippen LogP contribution is 2.43. The lowest BCUT2D eigenvalue weighted by molar-refractivity contribution is -0.146. The van der Waals surface area contributed by atoms with Crippen molar-refractivity contribution in [3.8, 4) is 11.5 Å². The molecule has 0 atom stereocenters. The fourth-order valence-corrected chi connectivity index (χ4v) is 3.65. The summed E-state index contributed by atoms with van der Waals surface area (Å²) in [6.45, 7) is 4.23. The van der Waals surface area contributed by atoms with E-state index in [1.165, 1.54) is 0 Å². The Morgan fingerprint density at radius 1 is 0.742 bits per heavy atom. The molecule has 7 heteroatoms. The minimum atomic E-state index is -0.413. The van der Waals surface area contributed by atoms with Gasteiger partial charge in [-0.25, -0.2) is 9.59 Å². The molecule has 0 aromatic heterocycles. The van der Waals surface area contributed by atoms with Crippen molar-refractivity contribution >= 4 is 56.1 Å². The second-order valence-corrected chi connectivity index (χ2v) is 8.16. The van der Waals surface area contributed by atoms with E-state index >= 15 is 0 Å². The number of carbonyl (C=O) groups is 2. The molecule has 0 unspecified atom stereocenters. The number of fused-ring (bicyclic) bond motifs is 2. The number of esters is 2. The molecule has 0 amide bonds. The summed E-state index contributed by atoms with van der Waals surface area (Å²) in [5, 5.41) is 3.17. The number of rotatable bonds is 10. The number of hydrogen-bond acceptors (Lipinski definition) is 6. The number of ether oxygens (including phenoxy) is 4. The van der Waals surface area contributed by atoms with Crippen LogP contribution in [0.4, 0.5) is 0 Å². The van der Waals surface area contributed by atoms with Crippen LogP contribution >= 0.6 is 22.6 Å². The molecule has 0 aliphatic rings. The molecule has 0 bridgehead atoms. The first kappa shape index (κ1) is 23.1. The summed E-state index contributed by atoms with van der Waals surface area (Å²) in [6.07, 6.45) is 1.51. The summed E-state index contributed by atoms with van der Waals surface area (Å²) >= 11 is 2.23. The number of halogens is 1. The first-order valence-electron chi connectivity index (χ1n) is 10.3. The molecule has 0 heterocycles. The predicted molar refractivity (Wildman–Crippen MR) is 128 cm³/mol. The Hall–Kier alpha value is -2.55. The zero-order chi connectivity index (χ0) is 22.2. The average Bonchev–Trinajstić information content (AvgIpc) is 2.78. The van der Waals surface area contributed by atoms with Crippen molar-refractivity contribution in [1.29, 1.82) is 0 Å². The van der Waals surface area contributed by atoms with E-state index in [1.54, 1.807) is 0 Å². The first-order chi connectivity index (χ1) is 15.0. The van der Waals surface area contributed by atoms with Gasteiger partial charge in [-0.2, -0.15) is 0 Å². The molecular weight excluding hydrogens is 511 g/mol. The topological polar surface area (TPSA) is 71.1 Å². The summed E-state index contributed by atoms with van der Waals surface area (Å²) in [4.78, 5) is 24.0. The van der Waals surface area contributed by atoms with Crippen LogP contribution in [0, 0.1) is 3.57 Å². The molecule has 164 valence electrons. The van der Waals surface area contributed by atoms with Crippen molar-refractivity contribution < 1.29 is 28.5 Å². The normalized spacial score (nSPS) is 10.8. The van der Waals surface area contributed by atoms with Gasteiger partial charge >= 0.3 is 11.9 Å². The average molecular weight is 536 g/mol. The fourth-order valence-electron chi connectivity index (χ4n) is 3.16. The zero-order valence-corrected chi connectivity index (χ0v) is 19.8. The quantitative estimate of drug-likeness (QED) is 0.200. The Morgan fingerprint density at radius 3 is 1.74 bits per heavy atom.